The van der Waals surface area contributed by atoms with Gasteiger partial charge in [-0.1, -0.05) is 54.7 Å². The molecule has 2 atom stereocenters. The van der Waals surface area contributed by atoms with Crippen LogP contribution in [0.3, 0.4) is 0 Å². The highest BCUT2D eigenvalue weighted by atomic mass is 32.2. The van der Waals surface area contributed by atoms with Crippen molar-refractivity contribution in [3.63, 3.8) is 0 Å². The highest BCUT2D eigenvalue weighted by molar-refractivity contribution is 7.96. The van der Waals surface area contributed by atoms with Gasteiger partial charge in [-0.05, 0) is 42.8 Å². The van der Waals surface area contributed by atoms with E-state index in [-0.39, 0.29) is 46.4 Å². The van der Waals surface area contributed by atoms with E-state index >= 15 is 0 Å². The summed E-state index contributed by atoms with van der Waals surface area (Å²) in [6.45, 7) is 0.532. The van der Waals surface area contributed by atoms with E-state index < -0.39 is 37.9 Å². The summed E-state index contributed by atoms with van der Waals surface area (Å²) < 4.78 is 96.5. The maximum Gasteiger partial charge on any atom is 0.421 e. The number of rotatable bonds is 8. The van der Waals surface area contributed by atoms with Crippen molar-refractivity contribution >= 4 is 42.8 Å². The minimum Gasteiger partial charge on any atom is -0.376 e. The van der Waals surface area contributed by atoms with Crippen LogP contribution in [-0.2, 0) is 25.6 Å². The molecule has 4 rings (SSSR count). The van der Waals surface area contributed by atoms with E-state index in [2.05, 4.69) is 4.72 Å². The van der Waals surface area contributed by atoms with Crippen LogP contribution >= 0.6 is 12.2 Å². The van der Waals surface area contributed by atoms with E-state index in [0.29, 0.717) is 19.0 Å². The number of sulfonamides is 2. The lowest BCUT2D eigenvalue weighted by atomic mass is 9.95. The summed E-state index contributed by atoms with van der Waals surface area (Å²) in [4.78, 5) is 2.06. The Morgan fingerprint density at radius 2 is 1.68 bits per heavy atom. The number of hydrogen-bond acceptors (Lipinski definition) is 7. The lowest BCUT2D eigenvalue weighted by Crippen LogP contribution is -2.58. The Hall–Kier alpha value is -2.62. The number of alkyl halides is 3. The van der Waals surface area contributed by atoms with Crippen molar-refractivity contribution in [2.45, 2.75) is 36.1 Å². The molecule has 0 saturated carbocycles. The molecule has 2 N–H and O–H groups in total. The molecule has 1 aliphatic carbocycles. The van der Waals surface area contributed by atoms with Gasteiger partial charge in [0, 0.05) is 43.2 Å². The zero-order valence-corrected chi connectivity index (χ0v) is 23.8. The van der Waals surface area contributed by atoms with Gasteiger partial charge in [-0.25, -0.2) is 21.6 Å². The first kappa shape index (κ1) is 30.3. The van der Waals surface area contributed by atoms with Crippen molar-refractivity contribution in [2.24, 2.45) is 0 Å². The molecular formula is C26H28F3N3O5S3. The smallest absolute Gasteiger partial charge is 0.376 e. The van der Waals surface area contributed by atoms with Gasteiger partial charge in [-0.15, -0.1) is 0 Å². The Bertz CT molecular complexity index is 1520. The third kappa shape index (κ3) is 6.16. The molecule has 0 unspecified atom stereocenters. The van der Waals surface area contributed by atoms with Crippen LogP contribution in [0.25, 0.3) is 0 Å². The molecule has 0 amide bonds. The second-order valence-corrected chi connectivity index (χ2v) is 13.7. The molecule has 2 aromatic rings. The van der Waals surface area contributed by atoms with Crippen molar-refractivity contribution < 1.29 is 35.1 Å². The van der Waals surface area contributed by atoms with Crippen molar-refractivity contribution in [3.8, 4) is 0 Å². The second kappa shape index (κ2) is 11.3. The Morgan fingerprint density at radius 3 is 2.27 bits per heavy atom. The first-order chi connectivity index (χ1) is 18.6. The summed E-state index contributed by atoms with van der Waals surface area (Å²) in [5.74, 6) is 0. The lowest BCUT2D eigenvalue weighted by Gasteiger charge is -2.42. The Balaban J connectivity index is 1.63. The number of thiocarbonyl (C=S) groups is 1. The van der Waals surface area contributed by atoms with Crippen LogP contribution in [0.5, 0.6) is 0 Å². The van der Waals surface area contributed by atoms with Gasteiger partial charge in [-0.2, -0.15) is 17.5 Å². The molecule has 14 heteroatoms. The van der Waals surface area contributed by atoms with Crippen LogP contribution in [0.2, 0.25) is 0 Å². The first-order valence-electron chi connectivity index (χ1n) is 12.3. The average molecular weight is 616 g/mol. The van der Waals surface area contributed by atoms with Crippen LogP contribution in [0, 0.1) is 0 Å². The molecule has 0 bridgehead atoms. The van der Waals surface area contributed by atoms with Gasteiger partial charge >= 0.3 is 6.18 Å². The Kier molecular flexibility index (Phi) is 8.60. The van der Waals surface area contributed by atoms with E-state index in [4.69, 9.17) is 12.2 Å². The van der Waals surface area contributed by atoms with Gasteiger partial charge in [0.1, 0.15) is 0 Å². The summed E-state index contributed by atoms with van der Waals surface area (Å²) in [5.41, 5.74) is -2.99. The monoisotopic (exact) mass is 615 g/mol. The van der Waals surface area contributed by atoms with Gasteiger partial charge in [-0.3, -0.25) is 0 Å². The fourth-order valence-electron chi connectivity index (χ4n) is 4.48. The van der Waals surface area contributed by atoms with Crippen molar-refractivity contribution in [1.82, 2.24) is 9.03 Å². The van der Waals surface area contributed by atoms with Gasteiger partial charge in [0.25, 0.3) is 0 Å². The lowest BCUT2D eigenvalue weighted by molar-refractivity contribution is -0.258. The summed E-state index contributed by atoms with van der Waals surface area (Å²) in [5, 5.41) is 10.0. The average Bonchev–Trinajstić information content (AvgIpc) is 2.92. The topological polar surface area (TPSA) is 107 Å². The number of aliphatic hydroxyl groups is 1. The number of nitrogens with zero attached hydrogens (tertiary/aromatic N) is 2. The van der Waals surface area contributed by atoms with Crippen LogP contribution in [0.1, 0.15) is 18.9 Å². The number of halogens is 3. The summed E-state index contributed by atoms with van der Waals surface area (Å²) >= 11 is 5.27. The predicted molar refractivity (Wildman–Crippen MR) is 150 cm³/mol. The van der Waals surface area contributed by atoms with E-state index in [9.17, 15) is 35.1 Å². The third-order valence-electron chi connectivity index (χ3n) is 6.90. The molecule has 0 spiro atoms. The quantitative estimate of drug-likeness (QED) is 0.438. The molecule has 0 aromatic heterocycles. The molecule has 1 heterocycles. The fourth-order valence-corrected chi connectivity index (χ4v) is 7.65. The minimum absolute atomic E-state index is 0.0146. The highest BCUT2D eigenvalue weighted by Gasteiger charge is 2.51. The maximum absolute atomic E-state index is 13.5. The fraction of sp³-hybridized carbons (Fsp3) is 0.346. The number of benzene rings is 2. The van der Waals surface area contributed by atoms with Crippen LogP contribution < -0.4 is 9.62 Å². The molecular weight excluding hydrogens is 587 g/mol. The summed E-state index contributed by atoms with van der Waals surface area (Å²) in [6, 6.07) is 12.0. The predicted octanol–water partition coefficient (Wildman–Crippen LogP) is 3.47. The van der Waals surface area contributed by atoms with E-state index in [1.54, 1.807) is 35.3 Å². The SMILES string of the molecule is C[C@@](O)(c1ccc(N2CCN(S(=O)(=O)C3=CC=CCC3=S)C[C@@H]2CNS(=O)(=O)c2ccccc2)cc1)C(F)(F)F. The van der Waals surface area contributed by atoms with Gasteiger partial charge in [0.2, 0.25) is 20.0 Å². The Morgan fingerprint density at radius 1 is 1.02 bits per heavy atom. The van der Waals surface area contributed by atoms with E-state index in [1.807, 2.05) is 0 Å². The zero-order chi connectivity index (χ0) is 29.3. The van der Waals surface area contributed by atoms with Crippen LogP contribution in [-0.4, -0.2) is 69.5 Å². The molecule has 216 valence electrons. The van der Waals surface area contributed by atoms with E-state index in [1.165, 1.54) is 34.6 Å². The normalized spacial score (nSPS) is 20.7. The van der Waals surface area contributed by atoms with Crippen molar-refractivity contribution in [3.05, 3.63) is 83.3 Å². The molecule has 1 aliphatic heterocycles. The largest absolute Gasteiger partial charge is 0.421 e. The molecule has 8 nitrogen and oxygen atoms in total. The third-order valence-corrected chi connectivity index (χ3v) is 10.8. The van der Waals surface area contributed by atoms with E-state index in [0.717, 1.165) is 12.1 Å². The van der Waals surface area contributed by atoms with Gasteiger partial charge < -0.3 is 10.0 Å². The molecule has 1 fully saturated rings. The number of nitrogens with one attached hydrogen (secondary N) is 1. The first-order valence-corrected chi connectivity index (χ1v) is 15.6. The molecule has 2 aliphatic rings. The molecule has 2 aromatic carbocycles. The minimum atomic E-state index is -4.89. The number of anilines is 1. The standard InChI is InChI=1S/C26H28F3N3O5S3/c1-25(33,26(27,28)29)19-11-13-20(14-12-19)32-16-15-31(40(36,37)24-10-6-5-9-23(24)38)18-21(32)17-30-39(34,35)22-7-3-2-4-8-22/h2-8,10-14,21,30,33H,9,15-18H2,1H3/t21-,25+/m0/s1. The number of piperazine rings is 1. The second-order valence-electron chi connectivity index (χ2n) is 9.58. The van der Waals surface area contributed by atoms with Crippen LogP contribution in [0.4, 0.5) is 18.9 Å². The van der Waals surface area contributed by atoms with Crippen molar-refractivity contribution in [2.75, 3.05) is 31.1 Å². The van der Waals surface area contributed by atoms with Gasteiger partial charge in [0.05, 0.1) is 15.8 Å². The summed E-state index contributed by atoms with van der Waals surface area (Å²) in [6.07, 6.45) is 0.221. The zero-order valence-electron chi connectivity index (χ0n) is 21.4. The van der Waals surface area contributed by atoms with Crippen molar-refractivity contribution in [1.29, 1.82) is 0 Å². The Labute approximate surface area is 236 Å². The number of allylic oxidation sites excluding steroid dienone is 4. The number of hydrogen-bond donors (Lipinski definition) is 2. The highest BCUT2D eigenvalue weighted by Crippen LogP contribution is 2.39. The maximum atomic E-state index is 13.5. The van der Waals surface area contributed by atoms with Crippen LogP contribution in [0.15, 0.2) is 82.6 Å². The summed E-state index contributed by atoms with van der Waals surface area (Å²) in [7, 11) is -7.92. The molecule has 0 radical (unpaired) electrons. The molecule has 40 heavy (non-hydrogen) atoms. The molecule has 1 saturated heterocycles. The van der Waals surface area contributed by atoms with Gasteiger partial charge in [0.15, 0.2) is 5.60 Å².